The van der Waals surface area contributed by atoms with Crippen molar-refractivity contribution in [3.8, 4) is 6.07 Å². The van der Waals surface area contributed by atoms with E-state index in [1.165, 1.54) is 0 Å². The topological polar surface area (TPSA) is 72.2 Å². The lowest BCUT2D eigenvalue weighted by molar-refractivity contribution is 0.380. The van der Waals surface area contributed by atoms with Crippen LogP contribution < -0.4 is 0 Å². The van der Waals surface area contributed by atoms with Gasteiger partial charge in [-0.2, -0.15) is 5.26 Å². The average molecular weight is 249 g/mol. The molecule has 0 aromatic heterocycles. The van der Waals surface area contributed by atoms with Crippen LogP contribution in [0.5, 0.6) is 0 Å². The van der Waals surface area contributed by atoms with Crippen molar-refractivity contribution >= 4 is 11.6 Å². The Morgan fingerprint density at radius 2 is 2.24 bits per heavy atom. The second-order valence-corrected chi connectivity index (χ2v) is 3.93. The van der Waals surface area contributed by atoms with E-state index in [0.717, 1.165) is 12.0 Å². The number of aryl methyl sites for hydroxylation is 1. The van der Waals surface area contributed by atoms with Crippen molar-refractivity contribution in [1.82, 2.24) is 0 Å². The van der Waals surface area contributed by atoms with Crippen LogP contribution in [0.2, 0.25) is 5.02 Å². The zero-order valence-electron chi connectivity index (χ0n) is 9.10. The molecule has 0 fully saturated rings. The first-order valence-corrected chi connectivity index (χ1v) is 5.47. The molecule has 17 heavy (non-hydrogen) atoms. The third kappa shape index (κ3) is 4.14. The minimum absolute atomic E-state index is 0.197. The lowest BCUT2D eigenvalue weighted by Gasteiger charge is -2.00. The van der Waals surface area contributed by atoms with Gasteiger partial charge in [0, 0.05) is 11.4 Å². The zero-order valence-corrected chi connectivity index (χ0v) is 9.85. The maximum absolute atomic E-state index is 9.42. The standard InChI is InChI=1S/C12H10ClN3O/c13-10-5-1-3-9(7-10)4-2-6-12(17)11(8-14)16-15/h1,3,5,7H,2,4,6H2/p+1/b12-11-. The van der Waals surface area contributed by atoms with Crippen LogP contribution >= 0.6 is 11.6 Å². The number of nitrogens with zero attached hydrogens (tertiary/aromatic N) is 3. The van der Waals surface area contributed by atoms with Crippen molar-refractivity contribution < 1.29 is 5.11 Å². The summed E-state index contributed by atoms with van der Waals surface area (Å²) >= 11 is 5.83. The van der Waals surface area contributed by atoms with Crippen LogP contribution in [0.15, 0.2) is 35.7 Å². The number of halogens is 1. The summed E-state index contributed by atoms with van der Waals surface area (Å²) in [5.41, 5.74) is 0.723. The van der Waals surface area contributed by atoms with Crippen LogP contribution in [0.4, 0.5) is 0 Å². The summed E-state index contributed by atoms with van der Waals surface area (Å²) in [7, 11) is 0. The number of benzene rings is 1. The molecular weight excluding hydrogens is 238 g/mol. The fourth-order valence-electron chi connectivity index (χ4n) is 1.42. The maximum atomic E-state index is 9.42. The lowest BCUT2D eigenvalue weighted by Crippen LogP contribution is -1.90. The largest absolute Gasteiger partial charge is 0.504 e. The molecule has 4 nitrogen and oxygen atoms in total. The second kappa shape index (κ2) is 6.52. The molecule has 0 radical (unpaired) electrons. The quantitative estimate of drug-likeness (QED) is 0.500. The molecule has 0 aliphatic carbocycles. The molecule has 0 atom stereocenters. The summed E-state index contributed by atoms with van der Waals surface area (Å²) in [4.78, 5) is 2.69. The third-order valence-corrected chi connectivity index (χ3v) is 2.48. The van der Waals surface area contributed by atoms with Gasteiger partial charge < -0.3 is 5.11 Å². The molecule has 0 spiro atoms. The SMILES string of the molecule is N#C/C([N+]#N)=C(/O)CCCc1cccc(Cl)c1. The second-order valence-electron chi connectivity index (χ2n) is 3.49. The normalized spacial score (nSPS) is 11.2. The highest BCUT2D eigenvalue weighted by Crippen LogP contribution is 2.15. The summed E-state index contributed by atoms with van der Waals surface area (Å²) in [5.74, 6) is -0.197. The van der Waals surface area contributed by atoms with Gasteiger partial charge in [-0.3, -0.25) is 0 Å². The van der Waals surface area contributed by atoms with Crippen LogP contribution in [0.1, 0.15) is 18.4 Å². The van der Waals surface area contributed by atoms with Gasteiger partial charge in [-0.1, -0.05) is 23.7 Å². The lowest BCUT2D eigenvalue weighted by atomic mass is 10.1. The Labute approximate surface area is 104 Å². The molecule has 0 saturated heterocycles. The Balaban J connectivity index is 2.52. The number of aliphatic hydroxyl groups excluding tert-OH is 1. The Kier molecular flexibility index (Phi) is 5.00. The summed E-state index contributed by atoms with van der Waals surface area (Å²) in [6.45, 7) is 0. The van der Waals surface area contributed by atoms with Crippen LogP contribution in [0.3, 0.4) is 0 Å². The van der Waals surface area contributed by atoms with Crippen molar-refractivity contribution in [3.63, 3.8) is 0 Å². The molecule has 0 aliphatic rings. The van der Waals surface area contributed by atoms with Crippen molar-refractivity contribution in [1.29, 1.82) is 10.7 Å². The number of allylic oxidation sites excluding steroid dienone is 2. The monoisotopic (exact) mass is 248 g/mol. The molecular formula is C12H11ClN3O+. The Hall–Kier alpha value is -2.04. The number of hydrogen-bond acceptors (Lipinski definition) is 3. The molecule has 0 amide bonds. The fraction of sp³-hybridized carbons (Fsp3) is 0.250. The van der Waals surface area contributed by atoms with E-state index in [2.05, 4.69) is 4.98 Å². The van der Waals surface area contributed by atoms with Gasteiger partial charge in [0.2, 0.25) is 11.2 Å². The minimum Gasteiger partial charge on any atom is -0.504 e. The number of nitriles is 1. The van der Waals surface area contributed by atoms with Gasteiger partial charge in [-0.25, -0.2) is 0 Å². The van der Waals surface area contributed by atoms with E-state index in [0.29, 0.717) is 17.9 Å². The molecule has 1 N–H and O–H groups in total. The molecule has 0 saturated carbocycles. The molecule has 1 aromatic carbocycles. The Bertz CT molecular complexity index is 495. The van der Waals surface area contributed by atoms with E-state index >= 15 is 0 Å². The zero-order chi connectivity index (χ0) is 12.7. The van der Waals surface area contributed by atoms with Crippen molar-refractivity contribution in [3.05, 3.63) is 51.3 Å². The van der Waals surface area contributed by atoms with E-state index in [-0.39, 0.29) is 11.5 Å². The van der Waals surface area contributed by atoms with Gasteiger partial charge in [-0.05, 0) is 30.5 Å². The van der Waals surface area contributed by atoms with Crippen molar-refractivity contribution in [2.24, 2.45) is 0 Å². The molecule has 0 unspecified atom stereocenters. The predicted octanol–water partition coefficient (Wildman–Crippen LogP) is 3.81. The molecule has 1 aromatic rings. The summed E-state index contributed by atoms with van der Waals surface area (Å²) in [5, 5.41) is 27.0. The van der Waals surface area contributed by atoms with E-state index in [9.17, 15) is 5.11 Å². The summed E-state index contributed by atoms with van der Waals surface area (Å²) in [6, 6.07) is 9.04. The maximum Gasteiger partial charge on any atom is 0.497 e. The van der Waals surface area contributed by atoms with Gasteiger partial charge in [0.15, 0.2) is 11.0 Å². The Morgan fingerprint density at radius 1 is 1.47 bits per heavy atom. The minimum atomic E-state index is -0.337. The highest BCUT2D eigenvalue weighted by Gasteiger charge is 2.16. The van der Waals surface area contributed by atoms with Crippen molar-refractivity contribution in [2.75, 3.05) is 0 Å². The van der Waals surface area contributed by atoms with E-state index in [1.807, 2.05) is 18.2 Å². The van der Waals surface area contributed by atoms with Gasteiger partial charge >= 0.3 is 5.70 Å². The van der Waals surface area contributed by atoms with E-state index < -0.39 is 0 Å². The van der Waals surface area contributed by atoms with Crippen LogP contribution in [0.25, 0.3) is 4.98 Å². The van der Waals surface area contributed by atoms with Crippen LogP contribution in [-0.2, 0) is 6.42 Å². The van der Waals surface area contributed by atoms with E-state index in [4.69, 9.17) is 22.3 Å². The third-order valence-electron chi connectivity index (χ3n) is 2.25. The predicted molar refractivity (Wildman–Crippen MR) is 64.7 cm³/mol. The smallest absolute Gasteiger partial charge is 0.497 e. The molecule has 5 heteroatoms. The molecule has 0 heterocycles. The van der Waals surface area contributed by atoms with E-state index in [1.54, 1.807) is 12.1 Å². The molecule has 1 rings (SSSR count). The summed E-state index contributed by atoms with van der Waals surface area (Å²) in [6.07, 6.45) is 1.67. The number of rotatable bonds is 4. The Morgan fingerprint density at radius 3 is 2.82 bits per heavy atom. The highest BCUT2D eigenvalue weighted by atomic mass is 35.5. The van der Waals surface area contributed by atoms with Gasteiger partial charge in [0.1, 0.15) is 0 Å². The molecule has 0 bridgehead atoms. The first-order valence-electron chi connectivity index (χ1n) is 5.09. The average Bonchev–Trinajstić information content (AvgIpc) is 2.30. The number of diazo groups is 1. The molecule has 86 valence electrons. The number of aliphatic hydroxyl groups is 1. The van der Waals surface area contributed by atoms with Crippen LogP contribution in [0, 0.1) is 16.7 Å². The van der Waals surface area contributed by atoms with Crippen LogP contribution in [-0.4, -0.2) is 5.11 Å². The fourth-order valence-corrected chi connectivity index (χ4v) is 1.63. The first-order chi connectivity index (χ1) is 8.17. The summed E-state index contributed by atoms with van der Waals surface area (Å²) < 4.78 is 0. The highest BCUT2D eigenvalue weighted by molar-refractivity contribution is 6.30. The van der Waals surface area contributed by atoms with Gasteiger partial charge in [0.05, 0.1) is 0 Å². The van der Waals surface area contributed by atoms with Gasteiger partial charge in [-0.15, -0.1) is 0 Å². The molecule has 0 aliphatic heterocycles. The van der Waals surface area contributed by atoms with Gasteiger partial charge in [0.25, 0.3) is 0 Å². The first kappa shape index (κ1) is 13.0. The van der Waals surface area contributed by atoms with Crippen molar-refractivity contribution in [2.45, 2.75) is 19.3 Å². The number of hydrogen-bond donors (Lipinski definition) is 1.